The van der Waals surface area contributed by atoms with Crippen LogP contribution in [0.15, 0.2) is 24.3 Å². The predicted octanol–water partition coefficient (Wildman–Crippen LogP) is 2.33. The molecule has 3 heteroatoms. The minimum Gasteiger partial charge on any atom is -0.246 e. The minimum absolute atomic E-state index is 0.941. The van der Waals surface area contributed by atoms with Crippen molar-refractivity contribution in [1.82, 2.24) is 4.98 Å². The van der Waals surface area contributed by atoms with Crippen molar-refractivity contribution in [3.05, 3.63) is 46.3 Å². The van der Waals surface area contributed by atoms with E-state index in [4.69, 9.17) is 4.98 Å². The average molecular weight is 283 g/mol. The van der Waals surface area contributed by atoms with E-state index in [-0.39, 0.29) is 0 Å². The second-order valence-electron chi connectivity index (χ2n) is 5.28. The molecule has 20 heavy (non-hydrogen) atoms. The Morgan fingerprint density at radius 1 is 1.00 bits per heavy atom. The highest BCUT2D eigenvalue weighted by Crippen LogP contribution is 2.31. The van der Waals surface area contributed by atoms with Crippen LogP contribution in [0.1, 0.15) is 23.6 Å². The smallest absolute Gasteiger partial charge is 0.202 e. The molecule has 1 N–H and O–H groups in total. The van der Waals surface area contributed by atoms with Gasteiger partial charge in [-0.3, -0.25) is 0 Å². The second-order valence-corrected chi connectivity index (χ2v) is 6.37. The summed E-state index contributed by atoms with van der Waals surface area (Å²) in [5, 5.41) is 1.21. The normalized spacial score (nSPS) is 12.5. The third-order valence-electron chi connectivity index (χ3n) is 3.71. The van der Waals surface area contributed by atoms with E-state index in [1.165, 1.54) is 31.6 Å². The molecule has 1 aromatic carbocycles. The standard InChI is InChI=1S/C17H18N2S/c1-5-18-13-9-17-15(7-12(13)4)19-14-6-10(2)11(3)8-16(14)20-17/h6-9H,5H2,1-4H3/p+1. The Bertz CT molecular complexity index is 830. The van der Waals surface area contributed by atoms with Crippen LogP contribution in [0.2, 0.25) is 0 Å². The van der Waals surface area contributed by atoms with Crippen molar-refractivity contribution in [1.29, 1.82) is 0 Å². The topological polar surface area (TPSA) is 26.9 Å². The minimum atomic E-state index is 0.941. The Kier molecular flexibility index (Phi) is 3.30. The van der Waals surface area contributed by atoms with Gasteiger partial charge in [-0.05, 0) is 57.0 Å². The van der Waals surface area contributed by atoms with Crippen molar-refractivity contribution in [2.24, 2.45) is 0 Å². The number of rotatable bonds is 1. The largest absolute Gasteiger partial charge is 0.246 e. The molecule has 0 spiro atoms. The number of fused-ring (bicyclic) bond motifs is 2. The number of hydrogen-bond donors (Lipinski definition) is 1. The Morgan fingerprint density at radius 2 is 1.75 bits per heavy atom. The van der Waals surface area contributed by atoms with Gasteiger partial charge in [-0.25, -0.2) is 9.98 Å². The SMILES string of the molecule is CC[NH+]=c1cc2sc3cc(C)c(C)cc3nc-2cc1C. The van der Waals surface area contributed by atoms with Crippen LogP contribution >= 0.6 is 11.3 Å². The van der Waals surface area contributed by atoms with Crippen molar-refractivity contribution >= 4 is 21.6 Å². The lowest BCUT2D eigenvalue weighted by Gasteiger charge is -2.08. The molecule has 1 aliphatic carbocycles. The van der Waals surface area contributed by atoms with Gasteiger partial charge in [0.05, 0.1) is 20.8 Å². The zero-order valence-electron chi connectivity index (χ0n) is 12.4. The fourth-order valence-electron chi connectivity index (χ4n) is 2.41. The average Bonchev–Trinajstić information content (AvgIpc) is 2.40. The maximum atomic E-state index is 4.82. The van der Waals surface area contributed by atoms with E-state index in [1.807, 2.05) is 11.3 Å². The van der Waals surface area contributed by atoms with Gasteiger partial charge < -0.3 is 0 Å². The van der Waals surface area contributed by atoms with Crippen LogP contribution in [-0.2, 0) is 0 Å². The van der Waals surface area contributed by atoms with Crippen LogP contribution in [0, 0.1) is 20.8 Å². The van der Waals surface area contributed by atoms with E-state index in [0.29, 0.717) is 0 Å². The highest BCUT2D eigenvalue weighted by molar-refractivity contribution is 7.21. The molecule has 0 aromatic heterocycles. The third kappa shape index (κ3) is 2.22. The van der Waals surface area contributed by atoms with Crippen molar-refractivity contribution in [3.63, 3.8) is 0 Å². The molecule has 0 amide bonds. The fraction of sp³-hybridized carbons (Fsp3) is 0.294. The van der Waals surface area contributed by atoms with E-state index >= 15 is 0 Å². The summed E-state index contributed by atoms with van der Waals surface area (Å²) in [5.74, 6) is 0. The molecule has 0 bridgehead atoms. The van der Waals surface area contributed by atoms with Crippen molar-refractivity contribution in [2.75, 3.05) is 6.54 Å². The van der Waals surface area contributed by atoms with Gasteiger partial charge in [0.2, 0.25) is 5.36 Å². The monoisotopic (exact) mass is 283 g/mol. The fourth-order valence-corrected chi connectivity index (χ4v) is 3.48. The summed E-state index contributed by atoms with van der Waals surface area (Å²) in [6.45, 7) is 9.50. The number of benzene rings is 2. The predicted molar refractivity (Wildman–Crippen MR) is 85.1 cm³/mol. The summed E-state index contributed by atoms with van der Waals surface area (Å²) >= 11 is 1.82. The molecule has 1 aromatic rings. The Morgan fingerprint density at radius 3 is 2.50 bits per heavy atom. The molecule has 0 atom stereocenters. The maximum absolute atomic E-state index is 4.82. The molecular weight excluding hydrogens is 264 g/mol. The molecule has 0 radical (unpaired) electrons. The van der Waals surface area contributed by atoms with E-state index in [2.05, 4.69) is 57.0 Å². The summed E-state index contributed by atoms with van der Waals surface area (Å²) in [6.07, 6.45) is 0. The molecule has 0 saturated carbocycles. The van der Waals surface area contributed by atoms with Gasteiger partial charge in [0.15, 0.2) is 0 Å². The first kappa shape index (κ1) is 13.3. The number of aryl methyl sites for hydroxylation is 3. The van der Waals surface area contributed by atoms with Crippen molar-refractivity contribution in [2.45, 2.75) is 27.7 Å². The molecule has 102 valence electrons. The van der Waals surface area contributed by atoms with Crippen molar-refractivity contribution < 1.29 is 4.99 Å². The van der Waals surface area contributed by atoms with Gasteiger partial charge in [-0.2, -0.15) is 0 Å². The summed E-state index contributed by atoms with van der Waals surface area (Å²) < 4.78 is 1.26. The van der Waals surface area contributed by atoms with Crippen LogP contribution in [0.25, 0.3) is 20.8 Å². The third-order valence-corrected chi connectivity index (χ3v) is 4.80. The van der Waals surface area contributed by atoms with E-state index in [0.717, 1.165) is 17.8 Å². The lowest BCUT2D eigenvalue weighted by atomic mass is 10.1. The van der Waals surface area contributed by atoms with Crippen molar-refractivity contribution in [3.8, 4) is 10.6 Å². The molecule has 2 aliphatic rings. The number of nitrogens with one attached hydrogen (secondary N) is 1. The summed E-state index contributed by atoms with van der Waals surface area (Å²) in [4.78, 5) is 9.48. The summed E-state index contributed by atoms with van der Waals surface area (Å²) in [5.41, 5.74) is 6.07. The van der Waals surface area contributed by atoms with Crippen LogP contribution in [0.5, 0.6) is 0 Å². The molecular formula is C17H19N2S+. The Balaban J connectivity index is 2.37. The Labute approximate surface area is 123 Å². The first-order chi connectivity index (χ1) is 9.58. The van der Waals surface area contributed by atoms with Gasteiger partial charge in [-0.1, -0.05) is 0 Å². The second kappa shape index (κ2) is 4.98. The van der Waals surface area contributed by atoms with Gasteiger partial charge in [0, 0.05) is 11.6 Å². The van der Waals surface area contributed by atoms with E-state index in [9.17, 15) is 0 Å². The lowest BCUT2D eigenvalue weighted by Crippen LogP contribution is -2.76. The number of aromatic nitrogens is 1. The van der Waals surface area contributed by atoms with Gasteiger partial charge in [0.25, 0.3) is 0 Å². The highest BCUT2D eigenvalue weighted by atomic mass is 32.1. The summed E-state index contributed by atoms with van der Waals surface area (Å²) in [7, 11) is 0. The zero-order valence-corrected chi connectivity index (χ0v) is 13.2. The maximum Gasteiger partial charge on any atom is 0.202 e. The first-order valence-electron chi connectivity index (χ1n) is 6.98. The van der Waals surface area contributed by atoms with E-state index < -0.39 is 0 Å². The molecule has 0 fully saturated rings. The molecule has 0 saturated heterocycles. The molecule has 0 unspecified atom stereocenters. The lowest BCUT2D eigenvalue weighted by molar-refractivity contribution is -0.496. The highest BCUT2D eigenvalue weighted by Gasteiger charge is 2.11. The van der Waals surface area contributed by atoms with Gasteiger partial charge >= 0.3 is 0 Å². The number of hydrogen-bond acceptors (Lipinski definition) is 2. The van der Waals surface area contributed by atoms with Gasteiger partial charge in [0.1, 0.15) is 6.54 Å². The quantitative estimate of drug-likeness (QED) is 0.682. The first-order valence-corrected chi connectivity index (χ1v) is 7.79. The molecule has 3 rings (SSSR count). The Hall–Kier alpha value is -1.74. The zero-order chi connectivity index (χ0) is 14.3. The van der Waals surface area contributed by atoms with Gasteiger partial charge in [-0.15, -0.1) is 11.3 Å². The van der Waals surface area contributed by atoms with E-state index in [1.54, 1.807) is 0 Å². The molecule has 2 nitrogen and oxygen atoms in total. The number of nitrogens with zero attached hydrogens (tertiary/aromatic N) is 1. The summed E-state index contributed by atoms with van der Waals surface area (Å²) in [6, 6.07) is 8.83. The van der Waals surface area contributed by atoms with Crippen LogP contribution in [0.3, 0.4) is 0 Å². The molecule has 1 aliphatic heterocycles. The van der Waals surface area contributed by atoms with Crippen LogP contribution < -0.4 is 10.3 Å². The molecule has 1 heterocycles. The van der Waals surface area contributed by atoms with Crippen LogP contribution in [-0.4, -0.2) is 11.5 Å². The van der Waals surface area contributed by atoms with Crippen LogP contribution in [0.4, 0.5) is 0 Å².